The van der Waals surface area contributed by atoms with Gasteiger partial charge in [-0.25, -0.2) is 4.39 Å². The van der Waals surface area contributed by atoms with Crippen LogP contribution >= 0.6 is 11.6 Å². The molecule has 0 aliphatic rings. The third-order valence-electron chi connectivity index (χ3n) is 3.94. The molecule has 0 aromatic heterocycles. The van der Waals surface area contributed by atoms with E-state index in [4.69, 9.17) is 16.3 Å². The molecule has 0 amide bonds. The topological polar surface area (TPSA) is 63.6 Å². The largest absolute Gasteiger partial charge is 0.481 e. The molecule has 0 fully saturated rings. The Morgan fingerprint density at radius 3 is 2.41 bits per heavy atom. The lowest BCUT2D eigenvalue weighted by Gasteiger charge is -2.23. The van der Waals surface area contributed by atoms with E-state index >= 15 is 4.39 Å². The Hall–Kier alpha value is -1.92. The van der Waals surface area contributed by atoms with Crippen LogP contribution in [-0.4, -0.2) is 25.8 Å². The SMILES string of the molecule is CC(C)(C)[S@@](=O)C[C@@H](CC(=O)O)c1ccc(Cl)c(Oc2ccccc2)c1F. The lowest BCUT2D eigenvalue weighted by atomic mass is 9.96. The van der Waals surface area contributed by atoms with Crippen LogP contribution in [-0.2, 0) is 15.6 Å². The molecule has 0 heterocycles. The summed E-state index contributed by atoms with van der Waals surface area (Å²) in [6, 6.07) is 11.5. The normalized spacial score (nSPS) is 13.8. The molecule has 0 saturated heterocycles. The fourth-order valence-corrected chi connectivity index (χ4v) is 3.81. The first-order chi connectivity index (χ1) is 12.6. The summed E-state index contributed by atoms with van der Waals surface area (Å²) >= 11 is 6.10. The molecular weight excluding hydrogens is 391 g/mol. The predicted octanol–water partition coefficient (Wildman–Crippen LogP) is 5.38. The van der Waals surface area contributed by atoms with Gasteiger partial charge < -0.3 is 9.84 Å². The van der Waals surface area contributed by atoms with Crippen molar-refractivity contribution in [3.8, 4) is 11.5 Å². The summed E-state index contributed by atoms with van der Waals surface area (Å²) in [6.07, 6.45) is -0.342. The molecular formula is C20H22ClFO4S. The zero-order chi connectivity index (χ0) is 20.2. The fraction of sp³-hybridized carbons (Fsp3) is 0.350. The average molecular weight is 413 g/mol. The van der Waals surface area contributed by atoms with Crippen molar-refractivity contribution in [2.45, 2.75) is 37.9 Å². The van der Waals surface area contributed by atoms with Gasteiger partial charge in [0.05, 0.1) is 11.4 Å². The van der Waals surface area contributed by atoms with Gasteiger partial charge in [-0.05, 0) is 44.5 Å². The summed E-state index contributed by atoms with van der Waals surface area (Å²) in [4.78, 5) is 11.3. The van der Waals surface area contributed by atoms with Crippen molar-refractivity contribution < 1.29 is 23.2 Å². The second kappa shape index (κ2) is 8.85. The smallest absolute Gasteiger partial charge is 0.303 e. The minimum Gasteiger partial charge on any atom is -0.481 e. The molecule has 0 unspecified atom stereocenters. The lowest BCUT2D eigenvalue weighted by Crippen LogP contribution is -2.28. The molecule has 146 valence electrons. The highest BCUT2D eigenvalue weighted by Crippen LogP contribution is 2.37. The van der Waals surface area contributed by atoms with Gasteiger partial charge in [-0.15, -0.1) is 0 Å². The van der Waals surface area contributed by atoms with Gasteiger partial charge in [0.2, 0.25) is 0 Å². The highest BCUT2D eigenvalue weighted by Gasteiger charge is 2.29. The van der Waals surface area contributed by atoms with Crippen LogP contribution in [0.5, 0.6) is 11.5 Å². The van der Waals surface area contributed by atoms with Crippen molar-refractivity contribution in [1.29, 1.82) is 0 Å². The van der Waals surface area contributed by atoms with Crippen molar-refractivity contribution in [1.82, 2.24) is 0 Å². The Kier molecular flexibility index (Phi) is 7.00. The number of hydrogen-bond acceptors (Lipinski definition) is 3. The van der Waals surface area contributed by atoms with Gasteiger partial charge >= 0.3 is 5.97 Å². The Morgan fingerprint density at radius 1 is 1.22 bits per heavy atom. The summed E-state index contributed by atoms with van der Waals surface area (Å²) in [7, 11) is -1.35. The first-order valence-corrected chi connectivity index (χ1v) is 10.1. The third-order valence-corrected chi connectivity index (χ3v) is 6.31. The van der Waals surface area contributed by atoms with Crippen LogP contribution < -0.4 is 4.74 Å². The molecule has 2 aromatic rings. The lowest BCUT2D eigenvalue weighted by molar-refractivity contribution is -0.137. The first kappa shape index (κ1) is 21.4. The van der Waals surface area contributed by atoms with Gasteiger partial charge in [0, 0.05) is 27.2 Å². The molecule has 0 saturated carbocycles. The van der Waals surface area contributed by atoms with E-state index in [2.05, 4.69) is 0 Å². The summed E-state index contributed by atoms with van der Waals surface area (Å²) in [5.74, 6) is -2.33. The highest BCUT2D eigenvalue weighted by molar-refractivity contribution is 7.86. The van der Waals surface area contributed by atoms with Crippen LogP contribution in [0.2, 0.25) is 5.02 Å². The maximum atomic E-state index is 15.2. The van der Waals surface area contributed by atoms with Crippen LogP contribution in [0.15, 0.2) is 42.5 Å². The van der Waals surface area contributed by atoms with Gasteiger partial charge in [-0.3, -0.25) is 9.00 Å². The number of carbonyl (C=O) groups is 1. The second-order valence-corrected chi connectivity index (χ2v) is 9.77. The molecule has 7 heteroatoms. The zero-order valence-corrected chi connectivity index (χ0v) is 16.9. The van der Waals surface area contributed by atoms with Gasteiger partial charge in [0.1, 0.15) is 5.75 Å². The predicted molar refractivity (Wildman–Crippen MR) is 106 cm³/mol. The minimum absolute atomic E-state index is 0.0269. The molecule has 2 rings (SSSR count). The molecule has 0 bridgehead atoms. The average Bonchev–Trinajstić information content (AvgIpc) is 2.58. The van der Waals surface area contributed by atoms with Gasteiger partial charge in [-0.1, -0.05) is 35.9 Å². The zero-order valence-electron chi connectivity index (χ0n) is 15.4. The standard InChI is InChI=1S/C20H22ClFO4S/c1-20(2,3)27(25)12-13(11-17(23)24)15-9-10-16(21)19(18(15)22)26-14-7-5-4-6-8-14/h4-10,13H,11-12H2,1-3H3,(H,23,24)/t13-,27+/m1/s1. The van der Waals surface area contributed by atoms with Crippen molar-refractivity contribution in [2.24, 2.45) is 0 Å². The van der Waals surface area contributed by atoms with Crippen LogP contribution in [0.25, 0.3) is 0 Å². The Labute approximate surface area is 165 Å². The van der Waals surface area contributed by atoms with Gasteiger partial charge in [-0.2, -0.15) is 0 Å². The van der Waals surface area contributed by atoms with Crippen LogP contribution in [0.3, 0.4) is 0 Å². The van der Waals surface area contributed by atoms with E-state index < -0.39 is 33.3 Å². The van der Waals surface area contributed by atoms with Crippen molar-refractivity contribution >= 4 is 28.4 Å². The number of halogens is 2. The van der Waals surface area contributed by atoms with Crippen molar-refractivity contribution in [2.75, 3.05) is 5.75 Å². The summed E-state index contributed by atoms with van der Waals surface area (Å²) < 4.78 is 32.7. The molecule has 0 radical (unpaired) electrons. The second-order valence-electron chi connectivity index (χ2n) is 7.11. The fourth-order valence-electron chi connectivity index (χ4n) is 2.47. The van der Waals surface area contributed by atoms with E-state index in [9.17, 15) is 14.1 Å². The number of rotatable bonds is 7. The third kappa shape index (κ3) is 5.78. The highest BCUT2D eigenvalue weighted by atomic mass is 35.5. The molecule has 1 N–H and O–H groups in total. The number of para-hydroxylation sites is 1. The van der Waals surface area contributed by atoms with Crippen molar-refractivity contribution in [3.05, 3.63) is 58.9 Å². The summed E-state index contributed by atoms with van der Waals surface area (Å²) in [5.41, 5.74) is 0.130. The van der Waals surface area contributed by atoms with Crippen LogP contribution in [0, 0.1) is 5.82 Å². The van der Waals surface area contributed by atoms with Gasteiger partial charge in [0.15, 0.2) is 11.6 Å². The number of carboxylic acid groups (broad SMARTS) is 1. The molecule has 0 aliphatic carbocycles. The summed E-state index contributed by atoms with van der Waals surface area (Å²) in [6.45, 7) is 5.38. The molecule has 0 spiro atoms. The molecule has 4 nitrogen and oxygen atoms in total. The maximum Gasteiger partial charge on any atom is 0.303 e. The number of hydrogen-bond donors (Lipinski definition) is 1. The molecule has 0 aliphatic heterocycles. The number of aliphatic carboxylic acids is 1. The number of carboxylic acids is 1. The van der Waals surface area contributed by atoms with Gasteiger partial charge in [0.25, 0.3) is 0 Å². The molecule has 27 heavy (non-hydrogen) atoms. The maximum absolute atomic E-state index is 15.2. The van der Waals surface area contributed by atoms with E-state index in [1.54, 1.807) is 51.1 Å². The number of benzene rings is 2. The monoisotopic (exact) mass is 412 g/mol. The number of ether oxygens (including phenoxy) is 1. The summed E-state index contributed by atoms with van der Waals surface area (Å²) in [5, 5.41) is 9.31. The van der Waals surface area contributed by atoms with E-state index in [1.807, 2.05) is 0 Å². The van der Waals surface area contributed by atoms with E-state index in [0.29, 0.717) is 5.75 Å². The molecule has 2 aromatic carbocycles. The quantitative estimate of drug-likeness (QED) is 0.663. The van der Waals surface area contributed by atoms with Crippen LogP contribution in [0.1, 0.15) is 38.7 Å². The van der Waals surface area contributed by atoms with E-state index in [0.717, 1.165) is 0 Å². The Balaban J connectivity index is 2.42. The van der Waals surface area contributed by atoms with Crippen molar-refractivity contribution in [3.63, 3.8) is 0 Å². The van der Waals surface area contributed by atoms with Crippen LogP contribution in [0.4, 0.5) is 4.39 Å². The van der Waals surface area contributed by atoms with E-state index in [-0.39, 0.29) is 28.5 Å². The Morgan fingerprint density at radius 2 is 1.85 bits per heavy atom. The Bertz CT molecular complexity index is 834. The van der Waals surface area contributed by atoms with E-state index in [1.165, 1.54) is 12.1 Å². The first-order valence-electron chi connectivity index (χ1n) is 8.40. The molecule has 2 atom stereocenters. The minimum atomic E-state index is -1.35.